The van der Waals surface area contributed by atoms with E-state index in [1.807, 2.05) is 0 Å². The van der Waals surface area contributed by atoms with Gasteiger partial charge in [-0.05, 0) is 17.7 Å². The number of carboxylic acid groups (broad SMARTS) is 1. The van der Waals surface area contributed by atoms with E-state index in [2.05, 4.69) is 10.1 Å². The first-order valence-corrected chi connectivity index (χ1v) is 6.69. The van der Waals surface area contributed by atoms with Crippen molar-refractivity contribution in [1.29, 1.82) is 0 Å². The van der Waals surface area contributed by atoms with Crippen LogP contribution in [0, 0.1) is 0 Å². The molecule has 0 unspecified atom stereocenters. The zero-order chi connectivity index (χ0) is 16.7. The minimum absolute atomic E-state index is 0.0326. The van der Waals surface area contributed by atoms with Crippen LogP contribution in [0.15, 0.2) is 18.2 Å². The van der Waals surface area contributed by atoms with E-state index in [4.69, 9.17) is 21.4 Å². The highest BCUT2D eigenvalue weighted by atomic mass is 35.5. The van der Waals surface area contributed by atoms with E-state index in [0.29, 0.717) is 16.3 Å². The van der Waals surface area contributed by atoms with Gasteiger partial charge in [0.15, 0.2) is 6.61 Å². The third kappa shape index (κ3) is 5.61. The quantitative estimate of drug-likeness (QED) is 0.724. The Hall–Kier alpha value is -2.28. The molecule has 0 aliphatic rings. The van der Waals surface area contributed by atoms with E-state index in [0.717, 1.165) is 6.92 Å². The molecule has 0 heterocycles. The molecule has 0 fully saturated rings. The SMILES string of the molecule is COc1ccc(C[C@@H](NC(=O)COC(C)=O)C(=O)O)cc1Cl. The Labute approximate surface area is 132 Å². The fraction of sp³-hybridized carbons (Fsp3) is 0.357. The molecular formula is C14H16ClNO6. The molecule has 0 radical (unpaired) electrons. The van der Waals surface area contributed by atoms with Gasteiger partial charge in [-0.25, -0.2) is 4.79 Å². The molecule has 120 valence electrons. The Kier molecular flexibility index (Phi) is 6.65. The third-order valence-corrected chi connectivity index (χ3v) is 2.99. The van der Waals surface area contributed by atoms with Crippen LogP contribution in [0.2, 0.25) is 5.02 Å². The highest BCUT2D eigenvalue weighted by molar-refractivity contribution is 6.32. The van der Waals surface area contributed by atoms with Crippen molar-refractivity contribution >= 4 is 29.4 Å². The molecule has 0 aromatic heterocycles. The van der Waals surface area contributed by atoms with Gasteiger partial charge in [0.05, 0.1) is 12.1 Å². The van der Waals surface area contributed by atoms with E-state index in [1.165, 1.54) is 7.11 Å². The number of nitrogens with one attached hydrogen (secondary N) is 1. The number of halogens is 1. The maximum absolute atomic E-state index is 11.5. The smallest absolute Gasteiger partial charge is 0.326 e. The Morgan fingerprint density at radius 1 is 1.36 bits per heavy atom. The van der Waals surface area contributed by atoms with Gasteiger partial charge in [-0.1, -0.05) is 17.7 Å². The molecule has 0 saturated carbocycles. The minimum atomic E-state index is -1.21. The molecule has 8 heteroatoms. The summed E-state index contributed by atoms with van der Waals surface area (Å²) in [5.74, 6) is -2.05. The van der Waals surface area contributed by atoms with Crippen molar-refractivity contribution in [3.8, 4) is 5.75 Å². The van der Waals surface area contributed by atoms with Crippen LogP contribution in [0.1, 0.15) is 12.5 Å². The van der Waals surface area contributed by atoms with Crippen molar-refractivity contribution in [2.24, 2.45) is 0 Å². The number of carbonyl (C=O) groups excluding carboxylic acids is 2. The number of ether oxygens (including phenoxy) is 2. The molecule has 1 aromatic rings. The summed E-state index contributed by atoms with van der Waals surface area (Å²) in [6.07, 6.45) is 0.0326. The van der Waals surface area contributed by atoms with Crippen LogP contribution in [0.25, 0.3) is 0 Å². The van der Waals surface area contributed by atoms with Crippen molar-refractivity contribution in [2.75, 3.05) is 13.7 Å². The van der Waals surface area contributed by atoms with E-state index >= 15 is 0 Å². The average Bonchev–Trinajstić information content (AvgIpc) is 2.44. The second-order valence-electron chi connectivity index (χ2n) is 4.41. The highest BCUT2D eigenvalue weighted by Crippen LogP contribution is 2.25. The first kappa shape index (κ1) is 17.8. The summed E-state index contributed by atoms with van der Waals surface area (Å²) in [5.41, 5.74) is 0.617. The lowest BCUT2D eigenvalue weighted by atomic mass is 10.1. The molecule has 0 bridgehead atoms. The number of carboxylic acids is 1. The van der Waals surface area contributed by atoms with E-state index in [-0.39, 0.29) is 6.42 Å². The number of benzene rings is 1. The monoisotopic (exact) mass is 329 g/mol. The Bertz CT molecular complexity index is 574. The molecule has 1 rings (SSSR count). The molecule has 0 spiro atoms. The number of esters is 1. The molecule has 0 aliphatic carbocycles. The maximum atomic E-state index is 11.5. The molecule has 1 aromatic carbocycles. The van der Waals surface area contributed by atoms with Crippen molar-refractivity contribution in [1.82, 2.24) is 5.32 Å². The molecule has 2 N–H and O–H groups in total. The number of hydrogen-bond donors (Lipinski definition) is 2. The van der Waals surface area contributed by atoms with Gasteiger partial charge in [-0.15, -0.1) is 0 Å². The summed E-state index contributed by atoms with van der Waals surface area (Å²) in [4.78, 5) is 33.3. The Morgan fingerprint density at radius 3 is 2.55 bits per heavy atom. The number of hydrogen-bond acceptors (Lipinski definition) is 5. The maximum Gasteiger partial charge on any atom is 0.326 e. The number of carbonyl (C=O) groups is 3. The van der Waals surface area contributed by atoms with Crippen LogP contribution in [-0.2, 0) is 25.5 Å². The lowest BCUT2D eigenvalue weighted by Crippen LogP contribution is -2.44. The first-order valence-electron chi connectivity index (χ1n) is 6.31. The van der Waals surface area contributed by atoms with Crippen LogP contribution >= 0.6 is 11.6 Å². The van der Waals surface area contributed by atoms with Crippen LogP contribution < -0.4 is 10.1 Å². The largest absolute Gasteiger partial charge is 0.495 e. The second-order valence-corrected chi connectivity index (χ2v) is 4.82. The molecule has 7 nitrogen and oxygen atoms in total. The van der Waals surface area contributed by atoms with Gasteiger partial charge < -0.3 is 19.9 Å². The van der Waals surface area contributed by atoms with Gasteiger partial charge in [0, 0.05) is 13.3 Å². The summed E-state index contributed by atoms with van der Waals surface area (Å²) in [6, 6.07) is 3.66. The van der Waals surface area contributed by atoms with E-state index < -0.39 is 30.5 Å². The summed E-state index contributed by atoms with van der Waals surface area (Å²) in [6.45, 7) is 0.629. The van der Waals surface area contributed by atoms with Crippen molar-refractivity contribution in [3.63, 3.8) is 0 Å². The summed E-state index contributed by atoms with van der Waals surface area (Å²) < 4.78 is 9.51. The van der Waals surface area contributed by atoms with Crippen LogP contribution in [0.4, 0.5) is 0 Å². The zero-order valence-corrected chi connectivity index (χ0v) is 12.8. The molecule has 22 heavy (non-hydrogen) atoms. The summed E-state index contributed by atoms with van der Waals surface area (Å²) >= 11 is 5.97. The van der Waals surface area contributed by atoms with Crippen LogP contribution in [0.5, 0.6) is 5.75 Å². The predicted octanol–water partition coefficient (Wildman–Crippen LogP) is 1.02. The Balaban J connectivity index is 2.72. The molecule has 1 amide bonds. The zero-order valence-electron chi connectivity index (χ0n) is 12.1. The van der Waals surface area contributed by atoms with Crippen molar-refractivity contribution < 1.29 is 29.0 Å². The number of amides is 1. The average molecular weight is 330 g/mol. The van der Waals surface area contributed by atoms with E-state index in [9.17, 15) is 14.4 Å². The van der Waals surface area contributed by atoms with Crippen molar-refractivity contribution in [3.05, 3.63) is 28.8 Å². The number of aliphatic carboxylic acids is 1. The van der Waals surface area contributed by atoms with E-state index in [1.54, 1.807) is 18.2 Å². The molecule has 0 saturated heterocycles. The van der Waals surface area contributed by atoms with Gasteiger partial charge in [-0.2, -0.15) is 0 Å². The summed E-state index contributed by atoms with van der Waals surface area (Å²) in [7, 11) is 1.47. The Morgan fingerprint density at radius 2 is 2.05 bits per heavy atom. The predicted molar refractivity (Wildman–Crippen MR) is 77.9 cm³/mol. The number of rotatable bonds is 7. The normalized spacial score (nSPS) is 11.4. The molecule has 1 atom stereocenters. The van der Waals surface area contributed by atoms with Gasteiger partial charge in [0.1, 0.15) is 11.8 Å². The molecule has 0 aliphatic heterocycles. The van der Waals surface area contributed by atoms with Gasteiger partial charge in [0.25, 0.3) is 5.91 Å². The second kappa shape index (κ2) is 8.23. The van der Waals surface area contributed by atoms with Crippen LogP contribution in [0.3, 0.4) is 0 Å². The van der Waals surface area contributed by atoms with Gasteiger partial charge in [0.2, 0.25) is 0 Å². The molecular weight excluding hydrogens is 314 g/mol. The van der Waals surface area contributed by atoms with Gasteiger partial charge >= 0.3 is 11.9 Å². The van der Waals surface area contributed by atoms with Crippen molar-refractivity contribution in [2.45, 2.75) is 19.4 Å². The van der Waals surface area contributed by atoms with Gasteiger partial charge in [-0.3, -0.25) is 9.59 Å². The minimum Gasteiger partial charge on any atom is -0.495 e. The highest BCUT2D eigenvalue weighted by Gasteiger charge is 2.21. The third-order valence-electron chi connectivity index (χ3n) is 2.70. The standard InChI is InChI=1S/C14H16ClNO6/c1-8(17)22-7-13(18)16-11(14(19)20)6-9-3-4-12(21-2)10(15)5-9/h3-5,11H,6-7H2,1-2H3,(H,16,18)(H,19,20)/t11-/m1/s1. The first-order chi connectivity index (χ1) is 10.3. The summed E-state index contributed by atoms with van der Waals surface area (Å²) in [5, 5.41) is 11.8. The topological polar surface area (TPSA) is 102 Å². The van der Waals surface area contributed by atoms with Crippen LogP contribution in [-0.4, -0.2) is 42.7 Å². The lowest BCUT2D eigenvalue weighted by molar-refractivity contribution is -0.148. The number of methoxy groups -OCH3 is 1. The fourth-order valence-corrected chi connectivity index (χ4v) is 1.96. The lowest BCUT2D eigenvalue weighted by Gasteiger charge is -2.15. The fourth-order valence-electron chi connectivity index (χ4n) is 1.68.